The van der Waals surface area contributed by atoms with Gasteiger partial charge in [-0.25, -0.2) is 0 Å². The van der Waals surface area contributed by atoms with Crippen LogP contribution in [0.2, 0.25) is 0 Å². The highest BCUT2D eigenvalue weighted by molar-refractivity contribution is 5.41. The van der Waals surface area contributed by atoms with Crippen molar-refractivity contribution in [1.82, 2.24) is 15.2 Å². The van der Waals surface area contributed by atoms with E-state index < -0.39 is 0 Å². The molecule has 0 bridgehead atoms. The Balaban J connectivity index is 1.78. The predicted molar refractivity (Wildman–Crippen MR) is 84.9 cm³/mol. The van der Waals surface area contributed by atoms with Crippen molar-refractivity contribution in [2.75, 3.05) is 26.7 Å². The summed E-state index contributed by atoms with van der Waals surface area (Å²) in [4.78, 5) is 6.52. The van der Waals surface area contributed by atoms with Crippen LogP contribution in [0.3, 0.4) is 0 Å². The quantitative estimate of drug-likeness (QED) is 0.903. The highest BCUT2D eigenvalue weighted by Crippen LogP contribution is 2.29. The second-order valence-electron chi connectivity index (χ2n) is 5.48. The molecular formula is C17H21N3O2. The fraction of sp³-hybridized carbons (Fsp3) is 0.353. The first kappa shape index (κ1) is 14.8. The zero-order valence-corrected chi connectivity index (χ0v) is 12.7. The number of phenols is 1. The molecule has 2 N–H and O–H groups in total. The Morgan fingerprint density at radius 3 is 2.86 bits per heavy atom. The normalized spacial score (nSPS) is 19.0. The zero-order valence-electron chi connectivity index (χ0n) is 12.7. The van der Waals surface area contributed by atoms with Gasteiger partial charge in [0, 0.05) is 44.6 Å². The van der Waals surface area contributed by atoms with Crippen molar-refractivity contribution in [2.45, 2.75) is 12.6 Å². The summed E-state index contributed by atoms with van der Waals surface area (Å²) in [5, 5.41) is 13.4. The van der Waals surface area contributed by atoms with Gasteiger partial charge in [-0.3, -0.25) is 9.88 Å². The van der Waals surface area contributed by atoms with Crippen LogP contribution in [-0.4, -0.2) is 41.7 Å². The van der Waals surface area contributed by atoms with E-state index >= 15 is 0 Å². The lowest BCUT2D eigenvalue weighted by Gasteiger charge is -2.36. The third kappa shape index (κ3) is 3.21. The Kier molecular flexibility index (Phi) is 4.56. The first-order valence-corrected chi connectivity index (χ1v) is 7.48. The van der Waals surface area contributed by atoms with E-state index in [1.54, 1.807) is 13.2 Å². The molecule has 1 atom stereocenters. The minimum absolute atomic E-state index is 0.190. The molecule has 0 amide bonds. The third-order valence-electron chi connectivity index (χ3n) is 4.07. The maximum Gasteiger partial charge on any atom is 0.160 e. The highest BCUT2D eigenvalue weighted by Gasteiger charge is 2.23. The van der Waals surface area contributed by atoms with E-state index in [9.17, 15) is 5.11 Å². The molecule has 1 aromatic heterocycles. The second-order valence-corrected chi connectivity index (χ2v) is 5.48. The number of piperazine rings is 1. The fourth-order valence-electron chi connectivity index (χ4n) is 2.92. The molecule has 1 unspecified atom stereocenters. The lowest BCUT2D eigenvalue weighted by molar-refractivity contribution is 0.153. The number of aromatic hydroxyl groups is 1. The molecule has 1 aliphatic heterocycles. The van der Waals surface area contributed by atoms with Crippen molar-refractivity contribution >= 4 is 0 Å². The van der Waals surface area contributed by atoms with Gasteiger partial charge in [0.2, 0.25) is 0 Å². The molecule has 2 aromatic rings. The summed E-state index contributed by atoms with van der Waals surface area (Å²) >= 11 is 0. The van der Waals surface area contributed by atoms with E-state index in [1.807, 2.05) is 24.5 Å². The van der Waals surface area contributed by atoms with Crippen LogP contribution in [0.5, 0.6) is 11.5 Å². The Hall–Kier alpha value is -2.11. The molecule has 0 radical (unpaired) electrons. The molecular weight excluding hydrogens is 278 g/mol. The summed E-state index contributed by atoms with van der Waals surface area (Å²) in [7, 11) is 1.56. The lowest BCUT2D eigenvalue weighted by atomic mass is 10.0. The molecule has 5 nitrogen and oxygen atoms in total. The van der Waals surface area contributed by atoms with Gasteiger partial charge in [-0.1, -0.05) is 6.07 Å². The van der Waals surface area contributed by atoms with Gasteiger partial charge in [0.05, 0.1) is 7.11 Å². The summed E-state index contributed by atoms with van der Waals surface area (Å²) in [6, 6.07) is 10.1. The zero-order chi connectivity index (χ0) is 15.4. The van der Waals surface area contributed by atoms with Crippen LogP contribution in [0, 0.1) is 0 Å². The second kappa shape index (κ2) is 6.77. The number of rotatable bonds is 4. The van der Waals surface area contributed by atoms with E-state index in [0.717, 1.165) is 31.7 Å². The lowest BCUT2D eigenvalue weighted by Crippen LogP contribution is -2.45. The maximum absolute atomic E-state index is 9.94. The van der Waals surface area contributed by atoms with Gasteiger partial charge in [-0.05, 0) is 35.4 Å². The van der Waals surface area contributed by atoms with Gasteiger partial charge >= 0.3 is 0 Å². The van der Waals surface area contributed by atoms with E-state index in [4.69, 9.17) is 4.74 Å². The summed E-state index contributed by atoms with van der Waals surface area (Å²) in [6.07, 6.45) is 3.67. The fourth-order valence-corrected chi connectivity index (χ4v) is 2.92. The standard InChI is InChI=1S/C17H21N3O2/c1-22-17-3-2-13(10-16(17)21)12-20-9-8-19-11-15(20)14-4-6-18-7-5-14/h2-7,10,15,19,21H,8-9,11-12H2,1H3. The van der Waals surface area contributed by atoms with Crippen LogP contribution < -0.4 is 10.1 Å². The van der Waals surface area contributed by atoms with Crippen molar-refractivity contribution in [3.63, 3.8) is 0 Å². The highest BCUT2D eigenvalue weighted by atomic mass is 16.5. The number of phenolic OH excluding ortho intramolecular Hbond substituents is 1. The summed E-state index contributed by atoms with van der Waals surface area (Å²) in [5.41, 5.74) is 2.35. The van der Waals surface area contributed by atoms with Gasteiger partial charge in [-0.15, -0.1) is 0 Å². The average molecular weight is 299 g/mol. The minimum Gasteiger partial charge on any atom is -0.504 e. The molecule has 1 aliphatic rings. The van der Waals surface area contributed by atoms with E-state index in [2.05, 4.69) is 27.3 Å². The topological polar surface area (TPSA) is 57.6 Å². The van der Waals surface area contributed by atoms with Crippen LogP contribution in [0.1, 0.15) is 17.2 Å². The van der Waals surface area contributed by atoms with Gasteiger partial charge in [0.15, 0.2) is 11.5 Å². The maximum atomic E-state index is 9.94. The molecule has 0 aliphatic carbocycles. The molecule has 22 heavy (non-hydrogen) atoms. The Labute approximate surface area is 130 Å². The predicted octanol–water partition coefficient (Wildman–Crippen LogP) is 1.94. The largest absolute Gasteiger partial charge is 0.504 e. The van der Waals surface area contributed by atoms with Crippen molar-refractivity contribution in [1.29, 1.82) is 0 Å². The van der Waals surface area contributed by atoms with Gasteiger partial charge in [0.1, 0.15) is 0 Å². The number of pyridine rings is 1. The minimum atomic E-state index is 0.190. The SMILES string of the molecule is COc1ccc(CN2CCNCC2c2ccncc2)cc1O. The smallest absolute Gasteiger partial charge is 0.160 e. The van der Waals surface area contributed by atoms with Crippen molar-refractivity contribution in [2.24, 2.45) is 0 Å². The molecule has 0 saturated carbocycles. The number of nitrogens with one attached hydrogen (secondary N) is 1. The third-order valence-corrected chi connectivity index (χ3v) is 4.07. The number of nitrogens with zero attached hydrogens (tertiary/aromatic N) is 2. The molecule has 1 fully saturated rings. The molecule has 116 valence electrons. The molecule has 5 heteroatoms. The van der Waals surface area contributed by atoms with E-state index in [1.165, 1.54) is 5.56 Å². The monoisotopic (exact) mass is 299 g/mol. The van der Waals surface area contributed by atoms with Crippen LogP contribution in [0.15, 0.2) is 42.7 Å². The number of ether oxygens (including phenoxy) is 1. The van der Waals surface area contributed by atoms with E-state index in [-0.39, 0.29) is 5.75 Å². The summed E-state index contributed by atoms with van der Waals surface area (Å²) < 4.78 is 5.10. The first-order chi connectivity index (χ1) is 10.8. The Morgan fingerprint density at radius 2 is 2.14 bits per heavy atom. The van der Waals surface area contributed by atoms with Crippen molar-refractivity contribution in [3.8, 4) is 11.5 Å². The molecule has 1 saturated heterocycles. The average Bonchev–Trinajstić information content (AvgIpc) is 2.56. The molecule has 0 spiro atoms. The van der Waals surface area contributed by atoms with Crippen molar-refractivity contribution < 1.29 is 9.84 Å². The first-order valence-electron chi connectivity index (χ1n) is 7.48. The Morgan fingerprint density at radius 1 is 1.32 bits per heavy atom. The van der Waals surface area contributed by atoms with Crippen LogP contribution >= 0.6 is 0 Å². The number of aromatic nitrogens is 1. The van der Waals surface area contributed by atoms with Gasteiger partial charge in [-0.2, -0.15) is 0 Å². The number of hydrogen-bond acceptors (Lipinski definition) is 5. The number of hydrogen-bond donors (Lipinski definition) is 2. The van der Waals surface area contributed by atoms with Crippen LogP contribution in [0.25, 0.3) is 0 Å². The molecule has 2 heterocycles. The van der Waals surface area contributed by atoms with Gasteiger partial charge < -0.3 is 15.2 Å². The van der Waals surface area contributed by atoms with Crippen LogP contribution in [-0.2, 0) is 6.54 Å². The van der Waals surface area contributed by atoms with Crippen molar-refractivity contribution in [3.05, 3.63) is 53.9 Å². The van der Waals surface area contributed by atoms with Crippen LogP contribution in [0.4, 0.5) is 0 Å². The summed E-state index contributed by atoms with van der Waals surface area (Å²) in [6.45, 7) is 3.67. The molecule has 3 rings (SSSR count). The van der Waals surface area contributed by atoms with E-state index in [0.29, 0.717) is 11.8 Å². The van der Waals surface area contributed by atoms with Gasteiger partial charge in [0.25, 0.3) is 0 Å². The number of benzene rings is 1. The number of methoxy groups -OCH3 is 1. The molecule has 1 aromatic carbocycles. The summed E-state index contributed by atoms with van der Waals surface area (Å²) in [5.74, 6) is 0.699. The Bertz CT molecular complexity index is 619.